The van der Waals surface area contributed by atoms with Crippen molar-refractivity contribution >= 4 is 39.0 Å². The summed E-state index contributed by atoms with van der Waals surface area (Å²) in [6.07, 6.45) is 6.94. The first-order chi connectivity index (χ1) is 17.0. The fourth-order valence-corrected chi connectivity index (χ4v) is 6.26. The zero-order valence-electron chi connectivity index (χ0n) is 20.3. The number of nitro groups is 1. The Morgan fingerprint density at radius 2 is 1.80 bits per heavy atom. The molecule has 1 atom stereocenters. The molecular weight excluding hydrogens is 462 g/mol. The van der Waals surface area contributed by atoms with Crippen molar-refractivity contribution < 1.29 is 9.72 Å². The van der Waals surface area contributed by atoms with Gasteiger partial charge in [0.05, 0.1) is 10.3 Å². The molecule has 184 valence electrons. The summed E-state index contributed by atoms with van der Waals surface area (Å²) in [5.41, 5.74) is 1.92. The van der Waals surface area contributed by atoms with Gasteiger partial charge in [-0.2, -0.15) is 0 Å². The number of benzene rings is 1. The predicted octanol–water partition coefficient (Wildman–Crippen LogP) is 5.34. The van der Waals surface area contributed by atoms with Crippen LogP contribution in [0.3, 0.4) is 0 Å². The molecule has 0 saturated carbocycles. The van der Waals surface area contributed by atoms with E-state index in [9.17, 15) is 14.9 Å². The summed E-state index contributed by atoms with van der Waals surface area (Å²) in [4.78, 5) is 40.4. The molecule has 0 spiro atoms. The Balaban J connectivity index is 1.41. The highest BCUT2D eigenvalue weighted by Crippen LogP contribution is 2.40. The Morgan fingerprint density at radius 1 is 1.09 bits per heavy atom. The van der Waals surface area contributed by atoms with E-state index in [2.05, 4.69) is 18.7 Å². The first-order valence-electron chi connectivity index (χ1n) is 12.6. The molecule has 1 aliphatic heterocycles. The number of aryl methyl sites for hydroxylation is 2. The number of anilines is 1. The van der Waals surface area contributed by atoms with Gasteiger partial charge in [0.1, 0.15) is 16.5 Å². The highest BCUT2D eigenvalue weighted by molar-refractivity contribution is 7.19. The number of rotatable bonds is 5. The maximum Gasteiger partial charge on any atom is 0.269 e. The molecular formula is C26H31N5O3S. The minimum Gasteiger partial charge on any atom is -0.352 e. The van der Waals surface area contributed by atoms with Crippen LogP contribution >= 0.6 is 11.3 Å². The number of carbonyl (C=O) groups excluding carboxylic acids is 1. The number of hydrogen-bond donors (Lipinski definition) is 0. The van der Waals surface area contributed by atoms with Crippen LogP contribution < -0.4 is 4.90 Å². The summed E-state index contributed by atoms with van der Waals surface area (Å²) in [5, 5.41) is 12.1. The summed E-state index contributed by atoms with van der Waals surface area (Å²) >= 11 is 1.85. The highest BCUT2D eigenvalue weighted by atomic mass is 32.1. The average Bonchev–Trinajstić information content (AvgIpc) is 3.08. The number of nitrogens with zero attached hydrogens (tertiary/aromatic N) is 5. The molecule has 0 bridgehead atoms. The number of non-ortho nitro benzene ring substituents is 1. The molecule has 1 aromatic carbocycles. The smallest absolute Gasteiger partial charge is 0.269 e. The molecule has 0 radical (unpaired) electrons. The molecule has 1 aliphatic carbocycles. The Morgan fingerprint density at radius 3 is 2.49 bits per heavy atom. The van der Waals surface area contributed by atoms with Gasteiger partial charge in [0.2, 0.25) is 0 Å². The third kappa shape index (κ3) is 4.61. The van der Waals surface area contributed by atoms with Crippen LogP contribution in [-0.4, -0.2) is 51.9 Å². The third-order valence-corrected chi connectivity index (χ3v) is 8.49. The van der Waals surface area contributed by atoms with E-state index < -0.39 is 4.92 Å². The van der Waals surface area contributed by atoms with Gasteiger partial charge in [-0.1, -0.05) is 20.3 Å². The van der Waals surface area contributed by atoms with Gasteiger partial charge in [-0.3, -0.25) is 14.9 Å². The van der Waals surface area contributed by atoms with Gasteiger partial charge in [0.15, 0.2) is 0 Å². The molecule has 35 heavy (non-hydrogen) atoms. The average molecular weight is 494 g/mol. The van der Waals surface area contributed by atoms with Crippen LogP contribution in [0.5, 0.6) is 0 Å². The van der Waals surface area contributed by atoms with Crippen LogP contribution in [0.4, 0.5) is 11.5 Å². The normalized spacial score (nSPS) is 17.2. The van der Waals surface area contributed by atoms with E-state index in [1.165, 1.54) is 47.2 Å². The molecule has 1 fully saturated rings. The first kappa shape index (κ1) is 23.7. The predicted molar refractivity (Wildman–Crippen MR) is 139 cm³/mol. The summed E-state index contributed by atoms with van der Waals surface area (Å²) in [6.45, 7) is 6.94. The quantitative estimate of drug-likeness (QED) is 0.270. The second-order valence-electron chi connectivity index (χ2n) is 9.54. The van der Waals surface area contributed by atoms with Crippen LogP contribution in [0.1, 0.15) is 72.1 Å². The number of nitro benzene ring substituents is 1. The molecule has 0 unspecified atom stereocenters. The maximum atomic E-state index is 13.0. The van der Waals surface area contributed by atoms with Crippen LogP contribution in [0.2, 0.25) is 0 Å². The Hall–Kier alpha value is -3.07. The van der Waals surface area contributed by atoms with Crippen molar-refractivity contribution in [1.29, 1.82) is 0 Å². The van der Waals surface area contributed by atoms with Crippen molar-refractivity contribution in [3.05, 3.63) is 56.2 Å². The number of thiophene rings is 1. The topological polar surface area (TPSA) is 92.5 Å². The standard InChI is InChI=1S/C26H31N5O3S/c1-3-17(2)23-27-24(22-20-7-5-4-6-8-21(20)35-25(22)28-23)29-13-15-30(16-14-29)26(32)18-9-11-19(12-10-18)31(33)34/h9-12,17H,3-8,13-16H2,1-2H3/t17-/m1/s1. The summed E-state index contributed by atoms with van der Waals surface area (Å²) in [6, 6.07) is 5.86. The molecule has 3 heterocycles. The summed E-state index contributed by atoms with van der Waals surface area (Å²) in [5.74, 6) is 2.16. The molecule has 2 aliphatic rings. The lowest BCUT2D eigenvalue weighted by Crippen LogP contribution is -2.49. The largest absolute Gasteiger partial charge is 0.352 e. The number of carbonyl (C=O) groups is 1. The summed E-state index contributed by atoms with van der Waals surface area (Å²) < 4.78 is 0. The lowest BCUT2D eigenvalue weighted by molar-refractivity contribution is -0.384. The number of hydrogen-bond acceptors (Lipinski definition) is 7. The van der Waals surface area contributed by atoms with Crippen molar-refractivity contribution in [2.75, 3.05) is 31.1 Å². The molecule has 9 heteroatoms. The van der Waals surface area contributed by atoms with E-state index in [0.29, 0.717) is 37.7 Å². The monoisotopic (exact) mass is 493 g/mol. The number of amides is 1. The van der Waals surface area contributed by atoms with E-state index in [1.54, 1.807) is 12.1 Å². The van der Waals surface area contributed by atoms with Gasteiger partial charge >= 0.3 is 0 Å². The van der Waals surface area contributed by atoms with Crippen LogP contribution in [-0.2, 0) is 12.8 Å². The second-order valence-corrected chi connectivity index (χ2v) is 10.6. The van der Waals surface area contributed by atoms with Gasteiger partial charge < -0.3 is 9.80 Å². The lowest BCUT2D eigenvalue weighted by atomic mass is 10.1. The first-order valence-corrected chi connectivity index (χ1v) is 13.4. The minimum absolute atomic E-state index is 0.00819. The molecule has 8 nitrogen and oxygen atoms in total. The Bertz CT molecular complexity index is 1250. The van der Waals surface area contributed by atoms with E-state index in [0.717, 1.165) is 35.7 Å². The fraction of sp³-hybridized carbons (Fsp3) is 0.500. The molecule has 1 amide bonds. The third-order valence-electron chi connectivity index (χ3n) is 7.31. The van der Waals surface area contributed by atoms with Gasteiger partial charge in [0.25, 0.3) is 11.6 Å². The van der Waals surface area contributed by atoms with Gasteiger partial charge in [-0.05, 0) is 49.8 Å². The van der Waals surface area contributed by atoms with Crippen molar-refractivity contribution in [1.82, 2.24) is 14.9 Å². The molecule has 1 saturated heterocycles. The van der Waals surface area contributed by atoms with Gasteiger partial charge in [0, 0.05) is 54.7 Å². The Labute approximate surface area is 209 Å². The minimum atomic E-state index is -0.450. The van der Waals surface area contributed by atoms with Crippen molar-refractivity contribution in [2.45, 2.75) is 58.3 Å². The second kappa shape index (κ2) is 9.89. The zero-order chi connectivity index (χ0) is 24.5. The van der Waals surface area contributed by atoms with E-state index >= 15 is 0 Å². The summed E-state index contributed by atoms with van der Waals surface area (Å²) in [7, 11) is 0. The zero-order valence-corrected chi connectivity index (χ0v) is 21.1. The maximum absolute atomic E-state index is 13.0. The molecule has 2 aromatic heterocycles. The number of fused-ring (bicyclic) bond motifs is 3. The Kier molecular flexibility index (Phi) is 6.69. The fourth-order valence-electron chi connectivity index (χ4n) is 4.99. The number of piperazine rings is 1. The van der Waals surface area contributed by atoms with Crippen molar-refractivity contribution in [3.63, 3.8) is 0 Å². The van der Waals surface area contributed by atoms with Gasteiger partial charge in [-0.25, -0.2) is 9.97 Å². The highest BCUT2D eigenvalue weighted by Gasteiger charge is 2.28. The van der Waals surface area contributed by atoms with Crippen molar-refractivity contribution in [3.8, 4) is 0 Å². The van der Waals surface area contributed by atoms with E-state index in [4.69, 9.17) is 9.97 Å². The molecule has 5 rings (SSSR count). The number of aromatic nitrogens is 2. The van der Waals surface area contributed by atoms with E-state index in [-0.39, 0.29) is 11.6 Å². The molecule has 3 aromatic rings. The van der Waals surface area contributed by atoms with E-state index in [1.807, 2.05) is 16.2 Å². The van der Waals surface area contributed by atoms with Crippen LogP contribution in [0, 0.1) is 10.1 Å². The van der Waals surface area contributed by atoms with Gasteiger partial charge in [-0.15, -0.1) is 11.3 Å². The van der Waals surface area contributed by atoms with Crippen LogP contribution in [0.15, 0.2) is 24.3 Å². The SMILES string of the molecule is CC[C@@H](C)c1nc(N2CCN(C(=O)c3ccc([N+](=O)[O-])cc3)CC2)c2c3c(sc2n1)CCCCC3. The molecule has 0 N–H and O–H groups in total. The lowest BCUT2D eigenvalue weighted by Gasteiger charge is -2.36. The van der Waals surface area contributed by atoms with Crippen LogP contribution in [0.25, 0.3) is 10.2 Å². The van der Waals surface area contributed by atoms with Crippen molar-refractivity contribution in [2.24, 2.45) is 0 Å².